The molecule has 18 heavy (non-hydrogen) atoms. The molecular formula is C15H23NO2. The lowest BCUT2D eigenvalue weighted by atomic mass is 10.1. The Kier molecular flexibility index (Phi) is 4.48. The van der Waals surface area contributed by atoms with Crippen LogP contribution in [0.25, 0.3) is 0 Å². The van der Waals surface area contributed by atoms with Crippen LogP contribution in [0.2, 0.25) is 0 Å². The van der Waals surface area contributed by atoms with E-state index in [-0.39, 0.29) is 0 Å². The van der Waals surface area contributed by atoms with Crippen molar-refractivity contribution in [3.05, 3.63) is 23.8 Å². The van der Waals surface area contributed by atoms with Crippen LogP contribution in [0.1, 0.15) is 25.3 Å². The lowest BCUT2D eigenvalue weighted by Gasteiger charge is -2.15. The quantitative estimate of drug-likeness (QED) is 0.806. The highest BCUT2D eigenvalue weighted by Crippen LogP contribution is 2.29. The molecule has 3 nitrogen and oxygen atoms in total. The molecule has 0 radical (unpaired) electrons. The zero-order valence-electron chi connectivity index (χ0n) is 11.5. The Morgan fingerprint density at radius 3 is 2.56 bits per heavy atom. The Morgan fingerprint density at radius 1 is 1.22 bits per heavy atom. The lowest BCUT2D eigenvalue weighted by Crippen LogP contribution is -2.29. The minimum atomic E-state index is 0.503. The molecule has 1 aliphatic carbocycles. The number of methoxy groups -OCH3 is 2. The molecule has 0 amide bonds. The molecule has 0 heterocycles. The fourth-order valence-corrected chi connectivity index (χ4v) is 2.12. The highest BCUT2D eigenvalue weighted by molar-refractivity contribution is 5.43. The summed E-state index contributed by atoms with van der Waals surface area (Å²) >= 11 is 0. The van der Waals surface area contributed by atoms with Crippen molar-refractivity contribution in [3.8, 4) is 11.5 Å². The zero-order chi connectivity index (χ0) is 13.0. The zero-order valence-corrected chi connectivity index (χ0v) is 11.5. The van der Waals surface area contributed by atoms with Crippen LogP contribution in [0.5, 0.6) is 11.5 Å². The largest absolute Gasteiger partial charge is 0.493 e. The Bertz CT molecular complexity index is 388. The van der Waals surface area contributed by atoms with Gasteiger partial charge in [0.15, 0.2) is 11.5 Å². The molecule has 1 aliphatic rings. The van der Waals surface area contributed by atoms with Gasteiger partial charge in [-0.05, 0) is 56.3 Å². The molecular weight excluding hydrogens is 226 g/mol. The molecule has 0 spiro atoms. The average Bonchev–Trinajstić information content (AvgIpc) is 3.20. The number of benzene rings is 1. The third-order valence-electron chi connectivity index (χ3n) is 3.44. The van der Waals surface area contributed by atoms with Crippen LogP contribution < -0.4 is 14.8 Å². The molecule has 1 aromatic carbocycles. The van der Waals surface area contributed by atoms with Crippen LogP contribution in [0, 0.1) is 5.92 Å². The fraction of sp³-hybridized carbons (Fsp3) is 0.600. The third kappa shape index (κ3) is 3.64. The summed E-state index contributed by atoms with van der Waals surface area (Å²) in [6.07, 6.45) is 3.82. The summed E-state index contributed by atoms with van der Waals surface area (Å²) in [5.74, 6) is 2.53. The highest BCUT2D eigenvalue weighted by atomic mass is 16.5. The third-order valence-corrected chi connectivity index (χ3v) is 3.44. The molecule has 0 bridgehead atoms. The SMILES string of the molecule is COc1ccc(CC(C)NCC2CC2)cc1OC. The van der Waals surface area contributed by atoms with E-state index in [9.17, 15) is 0 Å². The van der Waals surface area contributed by atoms with Crippen molar-refractivity contribution in [1.82, 2.24) is 5.32 Å². The number of ether oxygens (including phenoxy) is 2. The van der Waals surface area contributed by atoms with Gasteiger partial charge in [0.25, 0.3) is 0 Å². The van der Waals surface area contributed by atoms with E-state index >= 15 is 0 Å². The van der Waals surface area contributed by atoms with E-state index in [1.165, 1.54) is 18.4 Å². The molecule has 1 N–H and O–H groups in total. The van der Waals surface area contributed by atoms with Crippen molar-refractivity contribution in [2.24, 2.45) is 5.92 Å². The normalized spacial score (nSPS) is 16.4. The summed E-state index contributed by atoms with van der Waals surface area (Å²) in [6, 6.07) is 6.65. The van der Waals surface area contributed by atoms with E-state index in [0.29, 0.717) is 6.04 Å². The minimum absolute atomic E-state index is 0.503. The van der Waals surface area contributed by atoms with E-state index in [1.807, 2.05) is 6.07 Å². The Morgan fingerprint density at radius 2 is 1.94 bits per heavy atom. The van der Waals surface area contributed by atoms with Gasteiger partial charge in [-0.25, -0.2) is 0 Å². The maximum atomic E-state index is 5.32. The second-order valence-corrected chi connectivity index (χ2v) is 5.15. The average molecular weight is 249 g/mol. The minimum Gasteiger partial charge on any atom is -0.493 e. The van der Waals surface area contributed by atoms with Gasteiger partial charge in [-0.15, -0.1) is 0 Å². The van der Waals surface area contributed by atoms with Gasteiger partial charge >= 0.3 is 0 Å². The number of nitrogens with one attached hydrogen (secondary N) is 1. The maximum Gasteiger partial charge on any atom is 0.160 e. The molecule has 0 aliphatic heterocycles. The van der Waals surface area contributed by atoms with Gasteiger partial charge in [-0.2, -0.15) is 0 Å². The molecule has 1 fully saturated rings. The van der Waals surface area contributed by atoms with E-state index in [1.54, 1.807) is 14.2 Å². The standard InChI is InChI=1S/C15H23NO2/c1-11(16-10-12-4-5-12)8-13-6-7-14(17-2)15(9-13)18-3/h6-7,9,11-12,16H,4-5,8,10H2,1-3H3. The van der Waals surface area contributed by atoms with E-state index in [0.717, 1.165) is 30.4 Å². The molecule has 2 rings (SSSR count). The maximum absolute atomic E-state index is 5.32. The van der Waals surface area contributed by atoms with Gasteiger partial charge in [0, 0.05) is 6.04 Å². The summed E-state index contributed by atoms with van der Waals surface area (Å²) in [6.45, 7) is 3.40. The van der Waals surface area contributed by atoms with Crippen molar-refractivity contribution in [2.75, 3.05) is 20.8 Å². The molecule has 0 aromatic heterocycles. The Labute approximate surface area is 109 Å². The molecule has 1 atom stereocenters. The first-order valence-corrected chi connectivity index (χ1v) is 6.67. The van der Waals surface area contributed by atoms with Crippen LogP contribution in [0.4, 0.5) is 0 Å². The van der Waals surface area contributed by atoms with Crippen molar-refractivity contribution < 1.29 is 9.47 Å². The first-order valence-electron chi connectivity index (χ1n) is 6.67. The van der Waals surface area contributed by atoms with Crippen LogP contribution >= 0.6 is 0 Å². The second kappa shape index (κ2) is 6.10. The predicted octanol–water partition coefficient (Wildman–Crippen LogP) is 2.63. The van der Waals surface area contributed by atoms with Gasteiger partial charge in [-0.1, -0.05) is 6.07 Å². The predicted molar refractivity (Wildman–Crippen MR) is 73.4 cm³/mol. The second-order valence-electron chi connectivity index (χ2n) is 5.15. The summed E-state index contributed by atoms with van der Waals surface area (Å²) in [5.41, 5.74) is 1.28. The monoisotopic (exact) mass is 249 g/mol. The van der Waals surface area contributed by atoms with Crippen molar-refractivity contribution in [3.63, 3.8) is 0 Å². The van der Waals surface area contributed by atoms with E-state index < -0.39 is 0 Å². The van der Waals surface area contributed by atoms with Crippen LogP contribution in [0.15, 0.2) is 18.2 Å². The fourth-order valence-electron chi connectivity index (χ4n) is 2.12. The molecule has 3 heteroatoms. The van der Waals surface area contributed by atoms with Gasteiger partial charge in [0.2, 0.25) is 0 Å². The van der Waals surface area contributed by atoms with Crippen LogP contribution in [-0.2, 0) is 6.42 Å². The van der Waals surface area contributed by atoms with Crippen molar-refractivity contribution in [2.45, 2.75) is 32.2 Å². The van der Waals surface area contributed by atoms with Crippen LogP contribution in [0.3, 0.4) is 0 Å². The first kappa shape index (κ1) is 13.2. The summed E-state index contributed by atoms with van der Waals surface area (Å²) in [4.78, 5) is 0. The number of hydrogen-bond acceptors (Lipinski definition) is 3. The van der Waals surface area contributed by atoms with Crippen molar-refractivity contribution in [1.29, 1.82) is 0 Å². The molecule has 1 unspecified atom stereocenters. The first-order chi connectivity index (χ1) is 8.72. The topological polar surface area (TPSA) is 30.5 Å². The summed E-state index contributed by atoms with van der Waals surface area (Å²) in [5, 5.41) is 3.59. The van der Waals surface area contributed by atoms with Gasteiger partial charge in [-0.3, -0.25) is 0 Å². The van der Waals surface area contributed by atoms with Gasteiger partial charge in [0.05, 0.1) is 14.2 Å². The summed E-state index contributed by atoms with van der Waals surface area (Å²) in [7, 11) is 3.34. The van der Waals surface area contributed by atoms with Crippen molar-refractivity contribution >= 4 is 0 Å². The summed E-state index contributed by atoms with van der Waals surface area (Å²) < 4.78 is 10.6. The van der Waals surface area contributed by atoms with Crippen LogP contribution in [-0.4, -0.2) is 26.8 Å². The van der Waals surface area contributed by atoms with Gasteiger partial charge < -0.3 is 14.8 Å². The van der Waals surface area contributed by atoms with E-state index in [4.69, 9.17) is 9.47 Å². The molecule has 1 saturated carbocycles. The Balaban J connectivity index is 1.90. The molecule has 1 aromatic rings. The highest BCUT2D eigenvalue weighted by Gasteiger charge is 2.21. The number of hydrogen-bond donors (Lipinski definition) is 1. The lowest BCUT2D eigenvalue weighted by molar-refractivity contribution is 0.354. The smallest absolute Gasteiger partial charge is 0.160 e. The molecule has 100 valence electrons. The number of rotatable bonds is 7. The van der Waals surface area contributed by atoms with Gasteiger partial charge in [0.1, 0.15) is 0 Å². The Hall–Kier alpha value is -1.22. The van der Waals surface area contributed by atoms with E-state index in [2.05, 4.69) is 24.4 Å². The molecule has 0 saturated heterocycles.